The van der Waals surface area contributed by atoms with Gasteiger partial charge in [-0.25, -0.2) is 4.79 Å². The molecular weight excluding hydrogens is 806 g/mol. The van der Waals surface area contributed by atoms with Gasteiger partial charge < -0.3 is 14.8 Å². The zero-order valence-corrected chi connectivity index (χ0v) is 28.2. The molecule has 0 spiro atoms. The number of ether oxygens (including phenoxy) is 2. The lowest BCUT2D eigenvalue weighted by molar-refractivity contribution is -0.127. The van der Waals surface area contributed by atoms with Gasteiger partial charge in [0.25, 0.3) is 11.1 Å². The highest BCUT2D eigenvalue weighted by molar-refractivity contribution is 14.1. The molecular formula is C30H25ClI2N2O6S. The molecule has 1 fully saturated rings. The zero-order chi connectivity index (χ0) is 30.2. The fourth-order valence-electron chi connectivity index (χ4n) is 3.81. The van der Waals surface area contributed by atoms with E-state index in [0.717, 1.165) is 53.5 Å². The van der Waals surface area contributed by atoms with E-state index in [1.165, 1.54) is 18.2 Å². The number of halogens is 3. The van der Waals surface area contributed by atoms with Crippen molar-refractivity contribution in [1.29, 1.82) is 0 Å². The van der Waals surface area contributed by atoms with Crippen molar-refractivity contribution in [1.82, 2.24) is 4.90 Å². The second-order valence-electron chi connectivity index (χ2n) is 9.09. The molecule has 0 aromatic heterocycles. The highest BCUT2D eigenvalue weighted by Gasteiger charge is 2.36. The van der Waals surface area contributed by atoms with E-state index in [9.17, 15) is 19.2 Å². The minimum Gasteiger partial charge on any atom is -0.487 e. The van der Waals surface area contributed by atoms with Crippen LogP contribution in [0.5, 0.6) is 5.75 Å². The Morgan fingerprint density at radius 1 is 1.05 bits per heavy atom. The van der Waals surface area contributed by atoms with Crippen molar-refractivity contribution >= 4 is 103 Å². The first-order valence-corrected chi connectivity index (χ1v) is 16.2. The van der Waals surface area contributed by atoms with Crippen LogP contribution < -0.4 is 10.1 Å². The monoisotopic (exact) mass is 830 g/mol. The number of benzene rings is 3. The van der Waals surface area contributed by atoms with Gasteiger partial charge in [-0.3, -0.25) is 19.3 Å². The lowest BCUT2D eigenvalue weighted by Gasteiger charge is -2.13. The zero-order valence-electron chi connectivity index (χ0n) is 22.3. The Hall–Kier alpha value is -2.62. The van der Waals surface area contributed by atoms with Crippen molar-refractivity contribution in [3.63, 3.8) is 0 Å². The van der Waals surface area contributed by atoms with Crippen molar-refractivity contribution in [2.75, 3.05) is 18.5 Å². The molecule has 0 bridgehead atoms. The smallest absolute Gasteiger partial charge is 0.339 e. The van der Waals surface area contributed by atoms with Crippen molar-refractivity contribution in [3.05, 3.63) is 94.4 Å². The summed E-state index contributed by atoms with van der Waals surface area (Å²) >= 11 is 11.3. The third-order valence-electron chi connectivity index (χ3n) is 5.92. The van der Waals surface area contributed by atoms with Crippen LogP contribution in [0.4, 0.5) is 10.5 Å². The molecule has 0 unspecified atom stereocenters. The number of rotatable bonds is 11. The molecule has 0 saturated carbocycles. The van der Waals surface area contributed by atoms with E-state index in [1.54, 1.807) is 6.08 Å². The molecule has 1 aliphatic rings. The molecule has 1 saturated heterocycles. The molecule has 218 valence electrons. The third-order valence-corrected chi connectivity index (χ3v) is 8.76. The average molecular weight is 831 g/mol. The first-order chi connectivity index (χ1) is 20.2. The third kappa shape index (κ3) is 8.48. The van der Waals surface area contributed by atoms with E-state index in [1.807, 2.05) is 49.4 Å². The summed E-state index contributed by atoms with van der Waals surface area (Å²) in [4.78, 5) is 51.9. The van der Waals surface area contributed by atoms with E-state index in [-0.39, 0.29) is 27.8 Å². The molecule has 4 rings (SSSR count). The van der Waals surface area contributed by atoms with Crippen molar-refractivity contribution in [3.8, 4) is 5.75 Å². The highest BCUT2D eigenvalue weighted by Crippen LogP contribution is 2.35. The minimum absolute atomic E-state index is 0.111. The predicted molar refractivity (Wildman–Crippen MR) is 181 cm³/mol. The number of esters is 1. The number of carbonyl (C=O) groups is 4. The summed E-state index contributed by atoms with van der Waals surface area (Å²) in [5.74, 6) is -1.02. The van der Waals surface area contributed by atoms with Crippen LogP contribution in [-0.4, -0.2) is 41.1 Å². The van der Waals surface area contributed by atoms with Gasteiger partial charge in [0.2, 0.25) is 5.91 Å². The van der Waals surface area contributed by atoms with Gasteiger partial charge in [0.05, 0.1) is 29.2 Å². The Morgan fingerprint density at radius 2 is 1.76 bits per heavy atom. The van der Waals surface area contributed by atoms with E-state index in [2.05, 4.69) is 50.5 Å². The molecule has 0 atom stereocenters. The van der Waals surface area contributed by atoms with Crippen LogP contribution in [0, 0.1) is 7.14 Å². The van der Waals surface area contributed by atoms with Gasteiger partial charge in [-0.1, -0.05) is 55.3 Å². The molecule has 1 heterocycles. The number of anilines is 1. The lowest BCUT2D eigenvalue weighted by atomic mass is 10.2. The molecule has 0 aliphatic carbocycles. The molecule has 42 heavy (non-hydrogen) atoms. The Morgan fingerprint density at radius 3 is 2.45 bits per heavy atom. The van der Waals surface area contributed by atoms with Crippen LogP contribution >= 0.6 is 68.5 Å². The summed E-state index contributed by atoms with van der Waals surface area (Å²) in [6, 6.07) is 18.0. The number of amides is 3. The SMILES string of the molecule is CCCCOC(=O)c1cc(NC(=O)CN2C(=O)S/C(=C/c3cc(I)c(OCc4ccccc4)c(I)c3)C2=O)ccc1Cl. The highest BCUT2D eigenvalue weighted by atomic mass is 127. The number of unbranched alkanes of at least 4 members (excludes halogenated alkanes) is 1. The summed E-state index contributed by atoms with van der Waals surface area (Å²) in [6.45, 7) is 2.18. The van der Waals surface area contributed by atoms with Gasteiger partial charge in [0.1, 0.15) is 18.9 Å². The number of hydrogen-bond donors (Lipinski definition) is 1. The summed E-state index contributed by atoms with van der Waals surface area (Å²) in [5, 5.41) is 2.25. The van der Waals surface area contributed by atoms with Gasteiger partial charge in [0, 0.05) is 5.69 Å². The second-order valence-corrected chi connectivity index (χ2v) is 12.8. The van der Waals surface area contributed by atoms with E-state index >= 15 is 0 Å². The van der Waals surface area contributed by atoms with Crippen molar-refractivity contribution in [2.45, 2.75) is 26.4 Å². The Balaban J connectivity index is 1.40. The summed E-state index contributed by atoms with van der Waals surface area (Å²) in [7, 11) is 0. The van der Waals surface area contributed by atoms with Gasteiger partial charge in [-0.05, 0) is 111 Å². The van der Waals surface area contributed by atoms with E-state index in [4.69, 9.17) is 21.1 Å². The normalized spacial score (nSPS) is 13.9. The molecule has 3 amide bonds. The predicted octanol–water partition coefficient (Wildman–Crippen LogP) is 7.76. The number of carbonyl (C=O) groups excluding carboxylic acids is 4. The summed E-state index contributed by atoms with van der Waals surface area (Å²) in [5.41, 5.74) is 2.17. The van der Waals surface area contributed by atoms with E-state index < -0.39 is 29.6 Å². The number of thioether (sulfide) groups is 1. The van der Waals surface area contributed by atoms with Crippen molar-refractivity contribution in [2.24, 2.45) is 0 Å². The fraction of sp³-hybridized carbons (Fsp3) is 0.200. The van der Waals surface area contributed by atoms with Crippen LogP contribution in [0.15, 0.2) is 65.6 Å². The largest absolute Gasteiger partial charge is 0.487 e. The first kappa shape index (κ1) is 32.3. The van der Waals surface area contributed by atoms with Crippen LogP contribution in [0.1, 0.15) is 41.3 Å². The quantitative estimate of drug-likeness (QED) is 0.0913. The molecule has 1 N–H and O–H groups in total. The lowest BCUT2D eigenvalue weighted by Crippen LogP contribution is -2.36. The number of nitrogens with zero attached hydrogens (tertiary/aromatic N) is 1. The number of hydrogen-bond acceptors (Lipinski definition) is 7. The summed E-state index contributed by atoms with van der Waals surface area (Å²) in [6.07, 6.45) is 3.22. The summed E-state index contributed by atoms with van der Waals surface area (Å²) < 4.78 is 13.0. The van der Waals surface area contributed by atoms with Gasteiger partial charge in [-0.15, -0.1) is 0 Å². The van der Waals surface area contributed by atoms with Gasteiger partial charge in [-0.2, -0.15) is 0 Å². The fourth-order valence-corrected chi connectivity index (χ4v) is 6.97. The Bertz CT molecular complexity index is 1530. The molecule has 3 aromatic carbocycles. The Kier molecular flexibility index (Phi) is 11.7. The van der Waals surface area contributed by atoms with Crippen LogP contribution in [0.2, 0.25) is 5.02 Å². The van der Waals surface area contributed by atoms with Gasteiger partial charge in [0.15, 0.2) is 0 Å². The average Bonchev–Trinajstić information content (AvgIpc) is 3.21. The maximum Gasteiger partial charge on any atom is 0.339 e. The first-order valence-electron chi connectivity index (χ1n) is 12.8. The maximum atomic E-state index is 13.0. The minimum atomic E-state index is -0.602. The molecule has 0 radical (unpaired) electrons. The molecule has 8 nitrogen and oxygen atoms in total. The maximum absolute atomic E-state index is 13.0. The Labute approximate surface area is 279 Å². The second kappa shape index (κ2) is 15.2. The van der Waals surface area contributed by atoms with E-state index in [0.29, 0.717) is 6.61 Å². The molecule has 3 aromatic rings. The molecule has 12 heteroatoms. The van der Waals surface area contributed by atoms with Gasteiger partial charge >= 0.3 is 5.97 Å². The van der Waals surface area contributed by atoms with Crippen LogP contribution in [0.25, 0.3) is 6.08 Å². The standard InChI is InChI=1S/C30H25ClI2N2O6S/c1-2-3-11-40-29(38)21-15-20(9-10-22(21)31)34-26(36)16-35-28(37)25(42-30(35)39)14-19-12-23(32)27(24(33)13-19)41-17-18-7-5-4-6-8-18/h4-10,12-15H,2-3,11,16-17H2,1H3,(H,34,36)/b25-14+. The topological polar surface area (TPSA) is 102 Å². The molecule has 1 aliphatic heterocycles. The number of nitrogens with one attached hydrogen (secondary N) is 1. The van der Waals surface area contributed by atoms with Crippen molar-refractivity contribution < 1.29 is 28.7 Å². The van der Waals surface area contributed by atoms with Crippen LogP contribution in [-0.2, 0) is 20.9 Å². The number of imide groups is 1. The van der Waals surface area contributed by atoms with Crippen LogP contribution in [0.3, 0.4) is 0 Å².